The molecule has 0 saturated carbocycles. The van der Waals surface area contributed by atoms with E-state index in [9.17, 15) is 9.90 Å². The van der Waals surface area contributed by atoms with Gasteiger partial charge in [0.2, 0.25) is 5.91 Å². The number of benzene rings is 1. The van der Waals surface area contributed by atoms with Crippen molar-refractivity contribution in [1.82, 2.24) is 5.32 Å². The van der Waals surface area contributed by atoms with Crippen LogP contribution in [-0.2, 0) is 4.79 Å². The summed E-state index contributed by atoms with van der Waals surface area (Å²) in [5.41, 5.74) is 0.921. The van der Waals surface area contributed by atoms with Gasteiger partial charge in [-0.2, -0.15) is 0 Å². The van der Waals surface area contributed by atoms with E-state index in [0.29, 0.717) is 0 Å². The van der Waals surface area contributed by atoms with Gasteiger partial charge in [-0.05, 0) is 29.7 Å². The fourth-order valence-corrected chi connectivity index (χ4v) is 1.77. The second-order valence-electron chi connectivity index (χ2n) is 4.79. The molecule has 0 aliphatic heterocycles. The van der Waals surface area contributed by atoms with E-state index in [1.165, 1.54) is 6.08 Å². The van der Waals surface area contributed by atoms with Gasteiger partial charge < -0.3 is 15.2 Å². The molecular formula is C16H23NO3. The summed E-state index contributed by atoms with van der Waals surface area (Å²) in [5.74, 6) is 0.835. The molecule has 0 spiro atoms. The summed E-state index contributed by atoms with van der Waals surface area (Å²) in [4.78, 5) is 11.8. The van der Waals surface area contributed by atoms with Crippen LogP contribution in [0.5, 0.6) is 5.75 Å². The molecule has 1 amide bonds. The van der Waals surface area contributed by atoms with E-state index >= 15 is 0 Å². The van der Waals surface area contributed by atoms with Crippen LogP contribution in [0.2, 0.25) is 0 Å². The minimum atomic E-state index is -0.201. The number of nitrogens with one attached hydrogen (secondary N) is 1. The van der Waals surface area contributed by atoms with E-state index in [1.807, 2.05) is 38.1 Å². The van der Waals surface area contributed by atoms with Crippen molar-refractivity contribution in [3.8, 4) is 5.75 Å². The Morgan fingerprint density at radius 2 is 2.05 bits per heavy atom. The van der Waals surface area contributed by atoms with Gasteiger partial charge in [-0.3, -0.25) is 4.79 Å². The quantitative estimate of drug-likeness (QED) is 0.751. The highest BCUT2D eigenvalue weighted by Gasteiger charge is 2.15. The number of rotatable bonds is 7. The first-order valence-corrected chi connectivity index (χ1v) is 6.84. The Morgan fingerprint density at radius 3 is 2.55 bits per heavy atom. The molecule has 4 heteroatoms. The van der Waals surface area contributed by atoms with Crippen molar-refractivity contribution in [3.05, 3.63) is 35.9 Å². The smallest absolute Gasteiger partial charge is 0.244 e. The van der Waals surface area contributed by atoms with E-state index in [0.717, 1.165) is 17.7 Å². The van der Waals surface area contributed by atoms with Crippen molar-refractivity contribution in [2.45, 2.75) is 26.3 Å². The SMILES string of the molecule is CC[C@@H](C)[C@@H](CO)NC(=O)/C=C/c1ccc(OC)cc1. The predicted octanol–water partition coefficient (Wildman–Crippen LogP) is 2.23. The van der Waals surface area contributed by atoms with E-state index in [1.54, 1.807) is 13.2 Å². The second kappa shape index (κ2) is 8.38. The number of carbonyl (C=O) groups is 1. The number of hydrogen-bond donors (Lipinski definition) is 2. The molecule has 0 radical (unpaired) electrons. The molecule has 110 valence electrons. The molecule has 0 heterocycles. The van der Waals surface area contributed by atoms with Crippen LogP contribution in [0.3, 0.4) is 0 Å². The highest BCUT2D eigenvalue weighted by atomic mass is 16.5. The van der Waals surface area contributed by atoms with Crippen LogP contribution in [0.15, 0.2) is 30.3 Å². The van der Waals surface area contributed by atoms with Crippen LogP contribution in [0.4, 0.5) is 0 Å². The van der Waals surface area contributed by atoms with Crippen LogP contribution in [-0.4, -0.2) is 30.8 Å². The van der Waals surface area contributed by atoms with Crippen molar-refractivity contribution in [1.29, 1.82) is 0 Å². The average molecular weight is 277 g/mol. The van der Waals surface area contributed by atoms with Gasteiger partial charge in [-0.15, -0.1) is 0 Å². The maximum Gasteiger partial charge on any atom is 0.244 e. The first-order chi connectivity index (χ1) is 9.60. The first kappa shape index (κ1) is 16.2. The number of methoxy groups -OCH3 is 1. The monoisotopic (exact) mass is 277 g/mol. The number of amides is 1. The lowest BCUT2D eigenvalue weighted by atomic mass is 10.00. The largest absolute Gasteiger partial charge is 0.497 e. The molecule has 0 bridgehead atoms. The maximum atomic E-state index is 11.8. The molecule has 1 rings (SSSR count). The minimum absolute atomic E-state index is 0.0445. The fraction of sp³-hybridized carbons (Fsp3) is 0.438. The van der Waals surface area contributed by atoms with E-state index < -0.39 is 0 Å². The van der Waals surface area contributed by atoms with Crippen molar-refractivity contribution >= 4 is 12.0 Å². The summed E-state index contributed by atoms with van der Waals surface area (Å²) >= 11 is 0. The lowest BCUT2D eigenvalue weighted by Crippen LogP contribution is -2.41. The number of aliphatic hydroxyl groups excluding tert-OH is 1. The zero-order chi connectivity index (χ0) is 15.0. The summed E-state index contributed by atoms with van der Waals surface area (Å²) in [5, 5.41) is 12.1. The number of aliphatic hydroxyl groups is 1. The Bertz CT molecular complexity index is 440. The maximum absolute atomic E-state index is 11.8. The molecule has 20 heavy (non-hydrogen) atoms. The summed E-state index contributed by atoms with van der Waals surface area (Å²) in [6.07, 6.45) is 4.13. The van der Waals surface area contributed by atoms with Crippen molar-refractivity contribution < 1.29 is 14.6 Å². The van der Waals surface area contributed by atoms with Crippen LogP contribution >= 0.6 is 0 Å². The van der Waals surface area contributed by atoms with Crippen molar-refractivity contribution in [2.75, 3.05) is 13.7 Å². The number of carbonyl (C=O) groups excluding carboxylic acids is 1. The Labute approximate surface area is 120 Å². The molecule has 2 atom stereocenters. The molecule has 0 aromatic heterocycles. The van der Waals surface area contributed by atoms with Crippen molar-refractivity contribution in [3.63, 3.8) is 0 Å². The Hall–Kier alpha value is -1.81. The normalized spacial score (nSPS) is 14.0. The van der Waals surface area contributed by atoms with Gasteiger partial charge in [0.15, 0.2) is 0 Å². The average Bonchev–Trinajstić information content (AvgIpc) is 2.50. The van der Waals surface area contributed by atoms with Crippen LogP contribution in [0, 0.1) is 5.92 Å². The first-order valence-electron chi connectivity index (χ1n) is 6.84. The third-order valence-electron chi connectivity index (χ3n) is 3.40. The minimum Gasteiger partial charge on any atom is -0.497 e. The molecule has 0 aliphatic rings. The molecular weight excluding hydrogens is 254 g/mol. The second-order valence-corrected chi connectivity index (χ2v) is 4.79. The molecule has 1 aromatic carbocycles. The number of hydrogen-bond acceptors (Lipinski definition) is 3. The van der Waals surface area contributed by atoms with Gasteiger partial charge in [0, 0.05) is 6.08 Å². The van der Waals surface area contributed by atoms with E-state index in [-0.39, 0.29) is 24.5 Å². The van der Waals surface area contributed by atoms with Gasteiger partial charge in [0.05, 0.1) is 19.8 Å². The standard InChI is InChI=1S/C16H23NO3/c1-4-12(2)15(11-18)17-16(19)10-7-13-5-8-14(20-3)9-6-13/h5-10,12,15,18H,4,11H2,1-3H3,(H,17,19)/b10-7+/t12-,15-/m1/s1. The highest BCUT2D eigenvalue weighted by Crippen LogP contribution is 2.12. The Balaban J connectivity index is 2.57. The van der Waals surface area contributed by atoms with Gasteiger partial charge >= 0.3 is 0 Å². The summed E-state index contributed by atoms with van der Waals surface area (Å²) < 4.78 is 5.07. The highest BCUT2D eigenvalue weighted by molar-refractivity contribution is 5.91. The molecule has 4 nitrogen and oxygen atoms in total. The third-order valence-corrected chi connectivity index (χ3v) is 3.40. The van der Waals surface area contributed by atoms with Gasteiger partial charge in [0.25, 0.3) is 0 Å². The van der Waals surface area contributed by atoms with Crippen LogP contribution in [0.25, 0.3) is 6.08 Å². The van der Waals surface area contributed by atoms with E-state index in [4.69, 9.17) is 4.74 Å². The summed E-state index contributed by atoms with van der Waals surface area (Å²) in [6.45, 7) is 4.00. The van der Waals surface area contributed by atoms with Gasteiger partial charge in [-0.1, -0.05) is 32.4 Å². The molecule has 0 saturated heterocycles. The lowest BCUT2D eigenvalue weighted by Gasteiger charge is -2.21. The lowest BCUT2D eigenvalue weighted by molar-refractivity contribution is -0.117. The summed E-state index contributed by atoms with van der Waals surface area (Å²) in [7, 11) is 1.61. The van der Waals surface area contributed by atoms with Gasteiger partial charge in [0.1, 0.15) is 5.75 Å². The molecule has 2 N–H and O–H groups in total. The zero-order valence-corrected chi connectivity index (χ0v) is 12.3. The Kier molecular flexibility index (Phi) is 6.81. The third kappa shape index (κ3) is 5.05. The number of ether oxygens (including phenoxy) is 1. The topological polar surface area (TPSA) is 58.6 Å². The molecule has 1 aromatic rings. The summed E-state index contributed by atoms with van der Waals surface area (Å²) in [6, 6.07) is 7.23. The molecule has 0 aliphatic carbocycles. The predicted molar refractivity (Wildman–Crippen MR) is 80.5 cm³/mol. The van der Waals surface area contributed by atoms with Gasteiger partial charge in [-0.25, -0.2) is 0 Å². The zero-order valence-electron chi connectivity index (χ0n) is 12.3. The van der Waals surface area contributed by atoms with Crippen LogP contribution < -0.4 is 10.1 Å². The van der Waals surface area contributed by atoms with Crippen LogP contribution in [0.1, 0.15) is 25.8 Å². The Morgan fingerprint density at radius 1 is 1.40 bits per heavy atom. The molecule has 0 fully saturated rings. The van der Waals surface area contributed by atoms with Crippen molar-refractivity contribution in [2.24, 2.45) is 5.92 Å². The fourth-order valence-electron chi connectivity index (χ4n) is 1.77. The van der Waals surface area contributed by atoms with E-state index in [2.05, 4.69) is 5.32 Å². The molecule has 0 unspecified atom stereocenters.